The van der Waals surface area contributed by atoms with Gasteiger partial charge in [0.25, 0.3) is 0 Å². The maximum absolute atomic E-state index is 5.16. The first-order valence-electron chi connectivity index (χ1n) is 6.98. The van der Waals surface area contributed by atoms with E-state index in [1.54, 1.807) is 0 Å². The molecule has 0 aliphatic carbocycles. The second kappa shape index (κ2) is 7.14. The number of aryl methyl sites for hydroxylation is 2. The third-order valence-corrected chi connectivity index (χ3v) is 3.30. The van der Waals surface area contributed by atoms with Crippen LogP contribution in [-0.2, 0) is 0 Å². The summed E-state index contributed by atoms with van der Waals surface area (Å²) in [6, 6.07) is 16.6. The molecular formula is C18H20N2S. The van der Waals surface area contributed by atoms with Crippen LogP contribution in [0, 0.1) is 13.8 Å². The Morgan fingerprint density at radius 3 is 2.05 bits per heavy atom. The molecule has 0 bridgehead atoms. The summed E-state index contributed by atoms with van der Waals surface area (Å²) in [5.74, 6) is 0. The molecule has 0 aromatic heterocycles. The van der Waals surface area contributed by atoms with Crippen molar-refractivity contribution in [3.63, 3.8) is 0 Å². The average molecular weight is 296 g/mol. The Hall–Kier alpha value is -2.00. The summed E-state index contributed by atoms with van der Waals surface area (Å²) >= 11 is 5.16. The normalized spacial score (nSPS) is 12.3. The second-order valence-electron chi connectivity index (χ2n) is 5.20. The minimum atomic E-state index is -0.149. The van der Waals surface area contributed by atoms with Crippen LogP contribution in [0.5, 0.6) is 0 Å². The highest BCUT2D eigenvalue weighted by atomic mass is 32.1. The molecule has 3 heteroatoms. The maximum atomic E-state index is 5.16. The molecule has 0 radical (unpaired) electrons. The van der Waals surface area contributed by atoms with Crippen molar-refractivity contribution < 1.29 is 0 Å². The first-order valence-corrected chi connectivity index (χ1v) is 7.39. The highest BCUT2D eigenvalue weighted by Crippen LogP contribution is 2.15. The van der Waals surface area contributed by atoms with E-state index in [1.807, 2.05) is 13.1 Å². The molecule has 2 aromatic rings. The summed E-state index contributed by atoms with van der Waals surface area (Å²) < 4.78 is 0. The molecule has 0 spiro atoms. The van der Waals surface area contributed by atoms with E-state index in [0.29, 0.717) is 0 Å². The Morgan fingerprint density at radius 1 is 1.00 bits per heavy atom. The zero-order valence-electron chi connectivity index (χ0n) is 12.6. The van der Waals surface area contributed by atoms with Gasteiger partial charge in [-0.15, -0.1) is 0 Å². The van der Waals surface area contributed by atoms with Gasteiger partial charge in [-0.25, -0.2) is 0 Å². The quantitative estimate of drug-likeness (QED) is 0.669. The van der Waals surface area contributed by atoms with Crippen molar-refractivity contribution in [2.75, 3.05) is 0 Å². The fourth-order valence-electron chi connectivity index (χ4n) is 1.96. The van der Waals surface area contributed by atoms with Crippen molar-refractivity contribution in [3.05, 3.63) is 70.8 Å². The van der Waals surface area contributed by atoms with Gasteiger partial charge in [0.1, 0.15) is 6.17 Å². The van der Waals surface area contributed by atoms with Crippen LogP contribution in [0.1, 0.15) is 35.3 Å². The van der Waals surface area contributed by atoms with Crippen molar-refractivity contribution in [1.82, 2.24) is 5.32 Å². The van der Waals surface area contributed by atoms with Crippen LogP contribution < -0.4 is 5.32 Å². The van der Waals surface area contributed by atoms with E-state index in [4.69, 9.17) is 12.2 Å². The van der Waals surface area contributed by atoms with Crippen LogP contribution in [-0.4, -0.2) is 11.2 Å². The molecule has 0 heterocycles. The molecule has 0 saturated carbocycles. The van der Waals surface area contributed by atoms with Crippen LogP contribution in [0.4, 0.5) is 0 Å². The van der Waals surface area contributed by atoms with Crippen LogP contribution in [0.15, 0.2) is 53.5 Å². The van der Waals surface area contributed by atoms with Crippen molar-refractivity contribution >= 4 is 23.4 Å². The predicted octanol–water partition coefficient (Wildman–Crippen LogP) is 4.36. The van der Waals surface area contributed by atoms with Crippen molar-refractivity contribution in [3.8, 4) is 0 Å². The van der Waals surface area contributed by atoms with Gasteiger partial charge in [-0.1, -0.05) is 71.9 Å². The lowest BCUT2D eigenvalue weighted by Gasteiger charge is -2.15. The summed E-state index contributed by atoms with van der Waals surface area (Å²) in [4.78, 5) is 5.38. The van der Waals surface area contributed by atoms with Gasteiger partial charge in [0.2, 0.25) is 0 Å². The molecule has 21 heavy (non-hydrogen) atoms. The molecule has 1 atom stereocenters. The molecule has 0 aliphatic rings. The molecule has 0 amide bonds. The SMILES string of the molecule is CC(=S)NC(/N=C/c1ccc(C)cc1)c1ccc(C)cc1. The van der Waals surface area contributed by atoms with E-state index in [-0.39, 0.29) is 6.17 Å². The molecule has 2 rings (SSSR count). The summed E-state index contributed by atoms with van der Waals surface area (Å²) in [5.41, 5.74) is 4.67. The van der Waals surface area contributed by atoms with E-state index in [2.05, 4.69) is 72.7 Å². The molecule has 2 nitrogen and oxygen atoms in total. The van der Waals surface area contributed by atoms with Gasteiger partial charge >= 0.3 is 0 Å². The Balaban J connectivity index is 2.21. The number of benzene rings is 2. The Bertz CT molecular complexity index is 627. The minimum Gasteiger partial charge on any atom is -0.355 e. The minimum absolute atomic E-state index is 0.149. The number of hydrogen-bond donors (Lipinski definition) is 1. The van der Waals surface area contributed by atoms with E-state index in [1.165, 1.54) is 11.1 Å². The van der Waals surface area contributed by atoms with Crippen LogP contribution >= 0.6 is 12.2 Å². The van der Waals surface area contributed by atoms with Crippen LogP contribution in [0.3, 0.4) is 0 Å². The lowest BCUT2D eigenvalue weighted by molar-refractivity contribution is 0.691. The number of aliphatic imine (C=N–C) groups is 1. The summed E-state index contributed by atoms with van der Waals surface area (Å²) in [7, 11) is 0. The Labute approximate surface area is 131 Å². The number of hydrogen-bond acceptors (Lipinski definition) is 2. The molecule has 1 N–H and O–H groups in total. The van der Waals surface area contributed by atoms with Crippen LogP contribution in [0.25, 0.3) is 0 Å². The standard InChI is InChI=1S/C18H20N2S/c1-13-4-8-16(9-5-13)12-19-18(20-15(3)21)17-10-6-14(2)7-11-17/h4-12,18H,1-3H3,(H,20,21)/b19-12+. The molecule has 1 unspecified atom stereocenters. The van der Waals surface area contributed by atoms with Gasteiger partial charge in [0, 0.05) is 6.21 Å². The molecule has 108 valence electrons. The first-order chi connectivity index (χ1) is 10.0. The first kappa shape index (κ1) is 15.4. The number of nitrogens with one attached hydrogen (secondary N) is 1. The summed E-state index contributed by atoms with van der Waals surface area (Å²) in [6.07, 6.45) is 1.74. The van der Waals surface area contributed by atoms with Gasteiger partial charge in [-0.3, -0.25) is 4.99 Å². The van der Waals surface area contributed by atoms with E-state index >= 15 is 0 Å². The molecule has 2 aromatic carbocycles. The molecular weight excluding hydrogens is 276 g/mol. The number of thiocarbonyl (C=S) groups is 1. The fraction of sp³-hybridized carbons (Fsp3) is 0.222. The predicted molar refractivity (Wildman–Crippen MR) is 94.1 cm³/mol. The van der Waals surface area contributed by atoms with Gasteiger partial charge in [-0.2, -0.15) is 0 Å². The summed E-state index contributed by atoms with van der Waals surface area (Å²) in [5, 5.41) is 3.23. The van der Waals surface area contributed by atoms with Crippen molar-refractivity contribution in [1.29, 1.82) is 0 Å². The van der Waals surface area contributed by atoms with E-state index in [9.17, 15) is 0 Å². The maximum Gasteiger partial charge on any atom is 0.145 e. The number of rotatable bonds is 4. The van der Waals surface area contributed by atoms with Gasteiger partial charge in [0.15, 0.2) is 0 Å². The monoisotopic (exact) mass is 296 g/mol. The van der Waals surface area contributed by atoms with Gasteiger partial charge in [0.05, 0.1) is 4.99 Å². The summed E-state index contributed by atoms with van der Waals surface area (Å²) in [6.45, 7) is 6.03. The highest BCUT2D eigenvalue weighted by Gasteiger charge is 2.08. The van der Waals surface area contributed by atoms with E-state index in [0.717, 1.165) is 16.1 Å². The fourth-order valence-corrected chi connectivity index (χ4v) is 2.07. The third kappa shape index (κ3) is 4.80. The highest BCUT2D eigenvalue weighted by molar-refractivity contribution is 7.80. The van der Waals surface area contributed by atoms with Gasteiger partial charge in [-0.05, 0) is 31.9 Å². The topological polar surface area (TPSA) is 24.4 Å². The molecule has 0 saturated heterocycles. The smallest absolute Gasteiger partial charge is 0.145 e. The second-order valence-corrected chi connectivity index (χ2v) is 5.81. The van der Waals surface area contributed by atoms with Crippen molar-refractivity contribution in [2.45, 2.75) is 26.9 Å². The Kier molecular flexibility index (Phi) is 5.23. The lowest BCUT2D eigenvalue weighted by Crippen LogP contribution is -2.23. The average Bonchev–Trinajstić information content (AvgIpc) is 2.46. The van der Waals surface area contributed by atoms with E-state index < -0.39 is 0 Å². The van der Waals surface area contributed by atoms with Crippen LogP contribution in [0.2, 0.25) is 0 Å². The number of nitrogens with zero attached hydrogens (tertiary/aromatic N) is 1. The zero-order chi connectivity index (χ0) is 15.2. The zero-order valence-corrected chi connectivity index (χ0v) is 13.4. The van der Waals surface area contributed by atoms with Crippen molar-refractivity contribution in [2.24, 2.45) is 4.99 Å². The molecule has 0 aliphatic heterocycles. The third-order valence-electron chi connectivity index (χ3n) is 3.18. The molecule has 0 fully saturated rings. The largest absolute Gasteiger partial charge is 0.355 e. The van der Waals surface area contributed by atoms with Gasteiger partial charge < -0.3 is 5.32 Å². The lowest BCUT2D eigenvalue weighted by atomic mass is 10.1. The Morgan fingerprint density at radius 2 is 1.52 bits per heavy atom.